The van der Waals surface area contributed by atoms with E-state index in [1.807, 2.05) is 0 Å². The van der Waals surface area contributed by atoms with Gasteiger partial charge in [0.15, 0.2) is 5.60 Å². The average molecular weight is 343 g/mol. The fraction of sp³-hybridized carbons (Fsp3) is 0.941. The summed E-state index contributed by atoms with van der Waals surface area (Å²) >= 11 is 0. The van der Waals surface area contributed by atoms with E-state index < -0.39 is 5.60 Å². The maximum Gasteiger partial charge on any atom is 0.154 e. The van der Waals surface area contributed by atoms with Crippen LogP contribution in [0.25, 0.3) is 0 Å². The molecule has 24 heavy (non-hydrogen) atoms. The van der Waals surface area contributed by atoms with E-state index in [1.54, 1.807) is 7.11 Å². The quantitative estimate of drug-likeness (QED) is 0.553. The Labute approximate surface area is 144 Å². The van der Waals surface area contributed by atoms with E-state index in [4.69, 9.17) is 28.4 Å². The number of nitrogens with zero attached hydrogens (tertiary/aromatic N) is 1. The minimum Gasteiger partial charge on any atom is -0.382 e. The van der Waals surface area contributed by atoms with Gasteiger partial charge in [0.05, 0.1) is 65.0 Å². The largest absolute Gasteiger partial charge is 0.382 e. The van der Waals surface area contributed by atoms with Crippen LogP contribution < -0.4 is 0 Å². The van der Waals surface area contributed by atoms with Crippen molar-refractivity contribution in [2.75, 3.05) is 60.0 Å². The van der Waals surface area contributed by atoms with Gasteiger partial charge >= 0.3 is 0 Å². The van der Waals surface area contributed by atoms with Crippen LogP contribution >= 0.6 is 0 Å². The first-order valence-electron chi connectivity index (χ1n) is 8.71. The highest BCUT2D eigenvalue weighted by molar-refractivity contribution is 5.04. The van der Waals surface area contributed by atoms with Gasteiger partial charge in [-0.25, -0.2) is 0 Å². The summed E-state index contributed by atoms with van der Waals surface area (Å²) in [5, 5.41) is 9.49. The van der Waals surface area contributed by atoms with Crippen LogP contribution in [-0.2, 0) is 28.4 Å². The molecule has 0 aromatic rings. The Bertz CT molecular complexity index is 372. The van der Waals surface area contributed by atoms with Crippen LogP contribution in [0.15, 0.2) is 0 Å². The second-order valence-electron chi connectivity index (χ2n) is 6.16. The molecule has 1 unspecified atom stereocenters. The van der Waals surface area contributed by atoms with Gasteiger partial charge in [0.1, 0.15) is 6.10 Å². The van der Waals surface area contributed by atoms with Crippen molar-refractivity contribution in [2.24, 2.45) is 0 Å². The summed E-state index contributed by atoms with van der Waals surface area (Å²) in [7, 11) is 1.64. The zero-order valence-electron chi connectivity index (χ0n) is 14.5. The van der Waals surface area contributed by atoms with Gasteiger partial charge in [-0.3, -0.25) is 0 Å². The Hall–Kier alpha value is -0.750. The monoisotopic (exact) mass is 343 g/mol. The van der Waals surface area contributed by atoms with E-state index in [1.165, 1.54) is 0 Å². The average Bonchev–Trinajstić information content (AvgIpc) is 2.65. The SMILES string of the molecule is COCCOCCO[C@]1(C#N)CC[C@@H](OCC2COCCO2)CC1. The Morgan fingerprint density at radius 1 is 1.12 bits per heavy atom. The second kappa shape index (κ2) is 11.0. The standard InChI is InChI=1S/C17H29NO6/c1-19-6-7-20-9-11-24-17(14-18)4-2-15(3-5-17)23-13-16-12-21-8-10-22-16/h15-16H,2-13H2,1H3/t15-,16?,17-. The number of nitriles is 1. The molecule has 2 aliphatic rings. The molecule has 2 rings (SSSR count). The smallest absolute Gasteiger partial charge is 0.154 e. The van der Waals surface area contributed by atoms with E-state index in [-0.39, 0.29) is 12.2 Å². The fourth-order valence-corrected chi connectivity index (χ4v) is 2.93. The number of ether oxygens (including phenoxy) is 6. The minimum absolute atomic E-state index is 0.0295. The van der Waals surface area contributed by atoms with Crippen LogP contribution in [0, 0.1) is 11.3 Å². The summed E-state index contributed by atoms with van der Waals surface area (Å²) < 4.78 is 33.0. The Kier molecular flexibility index (Phi) is 8.95. The predicted octanol–water partition coefficient (Wildman–Crippen LogP) is 1.30. The zero-order chi connectivity index (χ0) is 17.1. The third kappa shape index (κ3) is 6.63. The molecule has 0 radical (unpaired) electrons. The topological polar surface area (TPSA) is 79.2 Å². The molecule has 1 aliphatic carbocycles. The molecule has 2 fully saturated rings. The normalized spacial score (nSPS) is 30.8. The Morgan fingerprint density at radius 2 is 1.92 bits per heavy atom. The van der Waals surface area contributed by atoms with E-state index in [0.29, 0.717) is 65.7 Å². The van der Waals surface area contributed by atoms with Gasteiger partial charge in [-0.15, -0.1) is 0 Å². The Morgan fingerprint density at radius 3 is 2.58 bits per heavy atom. The molecule has 0 spiro atoms. The molecule has 0 aromatic heterocycles. The Balaban J connectivity index is 1.60. The summed E-state index contributed by atoms with van der Waals surface area (Å²) in [6.07, 6.45) is 3.22. The van der Waals surface area contributed by atoms with Gasteiger partial charge in [0, 0.05) is 7.11 Å². The van der Waals surface area contributed by atoms with Crippen LogP contribution in [0.1, 0.15) is 25.7 Å². The first-order chi connectivity index (χ1) is 11.8. The van der Waals surface area contributed by atoms with Crippen LogP contribution in [0.3, 0.4) is 0 Å². The summed E-state index contributed by atoms with van der Waals surface area (Å²) in [6, 6.07) is 2.34. The zero-order valence-corrected chi connectivity index (χ0v) is 14.5. The first kappa shape index (κ1) is 19.6. The van der Waals surface area contributed by atoms with Gasteiger partial charge < -0.3 is 28.4 Å². The molecule has 0 bridgehead atoms. The van der Waals surface area contributed by atoms with E-state index in [9.17, 15) is 5.26 Å². The van der Waals surface area contributed by atoms with Crippen LogP contribution in [0.5, 0.6) is 0 Å². The molecule has 7 nitrogen and oxygen atoms in total. The van der Waals surface area contributed by atoms with Crippen molar-refractivity contribution in [3.8, 4) is 6.07 Å². The van der Waals surface area contributed by atoms with Gasteiger partial charge in [0.2, 0.25) is 0 Å². The molecule has 1 aliphatic heterocycles. The molecule has 1 saturated heterocycles. The van der Waals surface area contributed by atoms with Crippen molar-refractivity contribution in [1.29, 1.82) is 5.26 Å². The summed E-state index contributed by atoms with van der Waals surface area (Å²) in [6.45, 7) is 4.47. The third-order valence-corrected chi connectivity index (χ3v) is 4.38. The van der Waals surface area contributed by atoms with Crippen molar-refractivity contribution in [3.63, 3.8) is 0 Å². The molecule has 7 heteroatoms. The molecule has 138 valence electrons. The highest BCUT2D eigenvalue weighted by Gasteiger charge is 2.37. The van der Waals surface area contributed by atoms with Crippen molar-refractivity contribution < 1.29 is 28.4 Å². The van der Waals surface area contributed by atoms with Crippen molar-refractivity contribution in [2.45, 2.75) is 43.5 Å². The van der Waals surface area contributed by atoms with E-state index >= 15 is 0 Å². The predicted molar refractivity (Wildman–Crippen MR) is 85.8 cm³/mol. The van der Waals surface area contributed by atoms with Gasteiger partial charge in [-0.2, -0.15) is 5.26 Å². The van der Waals surface area contributed by atoms with Crippen LogP contribution in [0.4, 0.5) is 0 Å². The lowest BCUT2D eigenvalue weighted by atomic mass is 9.84. The molecular weight excluding hydrogens is 314 g/mol. The molecule has 0 N–H and O–H groups in total. The maximum atomic E-state index is 9.49. The third-order valence-electron chi connectivity index (χ3n) is 4.38. The van der Waals surface area contributed by atoms with Crippen molar-refractivity contribution >= 4 is 0 Å². The lowest BCUT2D eigenvalue weighted by Crippen LogP contribution is -2.40. The molecule has 0 amide bonds. The van der Waals surface area contributed by atoms with Crippen molar-refractivity contribution in [3.05, 3.63) is 0 Å². The molecule has 1 heterocycles. The lowest BCUT2D eigenvalue weighted by molar-refractivity contribution is -0.136. The van der Waals surface area contributed by atoms with Gasteiger partial charge in [0.25, 0.3) is 0 Å². The maximum absolute atomic E-state index is 9.49. The second-order valence-corrected chi connectivity index (χ2v) is 6.16. The van der Waals surface area contributed by atoms with Gasteiger partial charge in [-0.1, -0.05) is 0 Å². The summed E-state index contributed by atoms with van der Waals surface area (Å²) in [4.78, 5) is 0. The van der Waals surface area contributed by atoms with Gasteiger partial charge in [-0.05, 0) is 25.7 Å². The first-order valence-corrected chi connectivity index (χ1v) is 8.71. The number of methoxy groups -OCH3 is 1. The molecule has 1 saturated carbocycles. The minimum atomic E-state index is -0.699. The molecular formula is C17H29NO6. The highest BCUT2D eigenvalue weighted by Crippen LogP contribution is 2.32. The van der Waals surface area contributed by atoms with E-state index in [2.05, 4.69) is 6.07 Å². The van der Waals surface area contributed by atoms with E-state index in [0.717, 1.165) is 12.8 Å². The summed E-state index contributed by atoms with van der Waals surface area (Å²) in [5.74, 6) is 0. The summed E-state index contributed by atoms with van der Waals surface area (Å²) in [5.41, 5.74) is -0.699. The molecule has 0 aromatic carbocycles. The van der Waals surface area contributed by atoms with Crippen LogP contribution in [-0.4, -0.2) is 77.8 Å². The van der Waals surface area contributed by atoms with Crippen LogP contribution in [0.2, 0.25) is 0 Å². The fourth-order valence-electron chi connectivity index (χ4n) is 2.93. The lowest BCUT2D eigenvalue weighted by Gasteiger charge is -2.35. The number of rotatable bonds is 10. The molecule has 1 atom stereocenters. The highest BCUT2D eigenvalue weighted by atomic mass is 16.6. The van der Waals surface area contributed by atoms with Crippen molar-refractivity contribution in [1.82, 2.24) is 0 Å². The number of hydrogen-bond donors (Lipinski definition) is 0. The number of hydrogen-bond acceptors (Lipinski definition) is 7.